The van der Waals surface area contributed by atoms with Crippen LogP contribution < -0.4 is 11.1 Å². The van der Waals surface area contributed by atoms with E-state index in [0.717, 1.165) is 18.4 Å². The van der Waals surface area contributed by atoms with Crippen LogP contribution in [0.5, 0.6) is 0 Å². The number of methoxy groups -OCH3 is 2. The maximum Gasteiger partial charge on any atom is 0.239 e. The molecular formula is C34H58N4O6. The van der Waals surface area contributed by atoms with Gasteiger partial charge in [0.1, 0.15) is 0 Å². The average molecular weight is 619 g/mol. The minimum atomic E-state index is -0.854. The Hall–Kier alpha value is -2.53. The minimum absolute atomic E-state index is 0.0750. The van der Waals surface area contributed by atoms with Crippen molar-refractivity contribution < 1.29 is 29.0 Å². The Balaban J connectivity index is 2.17. The lowest BCUT2D eigenvalue weighted by Gasteiger charge is -2.40. The van der Waals surface area contributed by atoms with Crippen LogP contribution in [-0.2, 0) is 23.9 Å². The number of benzene rings is 1. The van der Waals surface area contributed by atoms with E-state index in [1.165, 1.54) is 0 Å². The quantitative estimate of drug-likeness (QED) is 0.243. The van der Waals surface area contributed by atoms with Crippen molar-refractivity contribution in [3.05, 3.63) is 35.9 Å². The van der Waals surface area contributed by atoms with E-state index >= 15 is 0 Å². The standard InChI is InChI=1S/C34H58N4O6/c1-10-22(4)30(37(7)34(42)26(35)19-21(2)3)28(43-8)20-29(39)38-18-14-17-27(38)32(44-9)23(5)33(41)36-24(6)31(40)25-15-12-11-13-16-25/h11-13,15-16,21-24,26-28,30-32,40H,10,14,17-20,35H2,1-9H3,(H,36,41)/t22-,23+,24+,26-,27-,28+,30?,31+,32+/m0/s1. The van der Waals surface area contributed by atoms with Crippen LogP contribution >= 0.6 is 0 Å². The molecule has 4 N–H and O–H groups in total. The number of aliphatic hydroxyl groups is 1. The van der Waals surface area contributed by atoms with Gasteiger partial charge in [-0.25, -0.2) is 0 Å². The fraction of sp³-hybridized carbons (Fsp3) is 0.735. The maximum atomic E-state index is 13.9. The molecule has 0 saturated carbocycles. The van der Waals surface area contributed by atoms with Crippen LogP contribution in [0.15, 0.2) is 30.3 Å². The van der Waals surface area contributed by atoms with E-state index in [-0.39, 0.29) is 48.1 Å². The van der Waals surface area contributed by atoms with Crippen molar-refractivity contribution in [1.82, 2.24) is 15.1 Å². The smallest absolute Gasteiger partial charge is 0.239 e. The summed E-state index contributed by atoms with van der Waals surface area (Å²) in [4.78, 5) is 44.0. The number of hydrogen-bond acceptors (Lipinski definition) is 7. The van der Waals surface area contributed by atoms with E-state index in [0.29, 0.717) is 19.4 Å². The molecule has 1 aromatic carbocycles. The first-order valence-electron chi connectivity index (χ1n) is 16.2. The zero-order chi connectivity index (χ0) is 33.1. The number of carbonyl (C=O) groups is 3. The number of amides is 3. The molecule has 0 spiro atoms. The lowest BCUT2D eigenvalue weighted by atomic mass is 9.89. The third kappa shape index (κ3) is 9.73. The second-order valence-corrected chi connectivity index (χ2v) is 13.0. The molecular weight excluding hydrogens is 560 g/mol. The third-order valence-corrected chi connectivity index (χ3v) is 9.29. The molecule has 1 aliphatic heterocycles. The maximum absolute atomic E-state index is 13.9. The molecule has 2 rings (SSSR count). The molecule has 1 unspecified atom stereocenters. The summed E-state index contributed by atoms with van der Waals surface area (Å²) in [5.74, 6) is -0.701. The lowest BCUT2D eigenvalue weighted by Crippen LogP contribution is -2.55. The second kappa shape index (κ2) is 17.8. The van der Waals surface area contributed by atoms with Gasteiger partial charge < -0.3 is 35.4 Å². The van der Waals surface area contributed by atoms with Gasteiger partial charge in [0.05, 0.1) is 54.8 Å². The molecule has 0 aliphatic carbocycles. The Kier molecular flexibility index (Phi) is 15.3. The van der Waals surface area contributed by atoms with Crippen molar-refractivity contribution in [3.63, 3.8) is 0 Å². The van der Waals surface area contributed by atoms with E-state index in [9.17, 15) is 19.5 Å². The Morgan fingerprint density at radius 2 is 1.73 bits per heavy atom. The van der Waals surface area contributed by atoms with Crippen molar-refractivity contribution in [3.8, 4) is 0 Å². The van der Waals surface area contributed by atoms with Gasteiger partial charge in [0.25, 0.3) is 0 Å². The summed E-state index contributed by atoms with van der Waals surface area (Å²) in [5, 5.41) is 13.7. The van der Waals surface area contributed by atoms with E-state index in [1.807, 2.05) is 49.1 Å². The van der Waals surface area contributed by atoms with E-state index in [1.54, 1.807) is 40.0 Å². The Labute approximate surface area is 265 Å². The van der Waals surface area contributed by atoms with Crippen LogP contribution in [0.4, 0.5) is 0 Å². The Bertz CT molecular complexity index is 1040. The van der Waals surface area contributed by atoms with Crippen molar-refractivity contribution in [1.29, 1.82) is 0 Å². The average Bonchev–Trinajstić information content (AvgIpc) is 3.49. The number of nitrogens with zero attached hydrogens (tertiary/aromatic N) is 2. The SMILES string of the molecule is CC[C@H](C)C([C@@H](CC(=O)N1CCC[C@H]1[C@H](OC)[C@@H](C)C(=O)N[C@H](C)[C@@H](O)c1ccccc1)OC)N(C)C(=O)[C@@H](N)CC(C)C. The van der Waals surface area contributed by atoms with Gasteiger partial charge in [-0.15, -0.1) is 0 Å². The molecule has 0 bridgehead atoms. The molecule has 3 amide bonds. The summed E-state index contributed by atoms with van der Waals surface area (Å²) in [6.07, 6.45) is 1.06. The first-order chi connectivity index (χ1) is 20.8. The summed E-state index contributed by atoms with van der Waals surface area (Å²) in [7, 11) is 4.90. The molecule has 1 aromatic rings. The number of rotatable bonds is 17. The molecule has 0 aromatic heterocycles. The van der Waals surface area contributed by atoms with Crippen LogP contribution in [0.1, 0.15) is 85.3 Å². The molecule has 1 aliphatic rings. The number of nitrogens with one attached hydrogen (secondary N) is 1. The summed E-state index contributed by atoms with van der Waals surface area (Å²) in [6.45, 7) is 12.3. The highest BCUT2D eigenvalue weighted by molar-refractivity contribution is 5.82. The topological polar surface area (TPSA) is 134 Å². The van der Waals surface area contributed by atoms with Crippen LogP contribution in [0.3, 0.4) is 0 Å². The van der Waals surface area contributed by atoms with Crippen LogP contribution in [-0.4, -0.2) is 96.8 Å². The summed E-state index contributed by atoms with van der Waals surface area (Å²) in [5.41, 5.74) is 6.99. The predicted octanol–water partition coefficient (Wildman–Crippen LogP) is 3.52. The van der Waals surface area contributed by atoms with Crippen molar-refractivity contribution >= 4 is 17.7 Å². The van der Waals surface area contributed by atoms with Gasteiger partial charge in [0.2, 0.25) is 17.7 Å². The number of aliphatic hydroxyl groups excluding tert-OH is 1. The van der Waals surface area contributed by atoms with Gasteiger partial charge in [-0.3, -0.25) is 14.4 Å². The van der Waals surface area contributed by atoms with E-state index in [2.05, 4.69) is 19.2 Å². The number of hydrogen-bond donors (Lipinski definition) is 3. The molecule has 0 radical (unpaired) electrons. The predicted molar refractivity (Wildman–Crippen MR) is 173 cm³/mol. The van der Waals surface area contributed by atoms with E-state index in [4.69, 9.17) is 15.2 Å². The van der Waals surface area contributed by atoms with Crippen LogP contribution in [0.2, 0.25) is 0 Å². The number of likely N-dealkylation sites (N-methyl/N-ethyl adjacent to an activating group) is 1. The van der Waals surface area contributed by atoms with Crippen LogP contribution in [0.25, 0.3) is 0 Å². The molecule has 1 saturated heterocycles. The monoisotopic (exact) mass is 618 g/mol. The fourth-order valence-corrected chi connectivity index (χ4v) is 6.55. The largest absolute Gasteiger partial charge is 0.386 e. The molecule has 9 atom stereocenters. The Morgan fingerprint density at radius 1 is 1.09 bits per heavy atom. The lowest BCUT2D eigenvalue weighted by molar-refractivity contribution is -0.146. The molecule has 1 fully saturated rings. The van der Waals surface area contributed by atoms with Crippen molar-refractivity contribution in [2.24, 2.45) is 23.5 Å². The zero-order valence-electron chi connectivity index (χ0n) is 28.4. The molecule has 10 heteroatoms. The summed E-state index contributed by atoms with van der Waals surface area (Å²) >= 11 is 0. The second-order valence-electron chi connectivity index (χ2n) is 13.0. The Morgan fingerprint density at radius 3 is 2.27 bits per heavy atom. The first kappa shape index (κ1) is 37.7. The molecule has 44 heavy (non-hydrogen) atoms. The van der Waals surface area contributed by atoms with Gasteiger partial charge >= 0.3 is 0 Å². The molecule has 10 nitrogen and oxygen atoms in total. The fourth-order valence-electron chi connectivity index (χ4n) is 6.55. The number of likely N-dealkylation sites (tertiary alicyclic amines) is 1. The number of carbonyl (C=O) groups excluding carboxylic acids is 3. The van der Waals surface area contributed by atoms with Gasteiger partial charge in [-0.2, -0.15) is 0 Å². The third-order valence-electron chi connectivity index (χ3n) is 9.29. The molecule has 1 heterocycles. The highest BCUT2D eigenvalue weighted by Gasteiger charge is 2.42. The van der Waals surface area contributed by atoms with Gasteiger partial charge in [-0.1, -0.05) is 71.4 Å². The zero-order valence-corrected chi connectivity index (χ0v) is 28.4. The minimum Gasteiger partial charge on any atom is -0.386 e. The normalized spacial score (nSPS) is 20.7. The van der Waals surface area contributed by atoms with Crippen molar-refractivity contribution in [2.45, 2.75) is 116 Å². The summed E-state index contributed by atoms with van der Waals surface area (Å²) < 4.78 is 11.8. The number of ether oxygens (including phenoxy) is 2. The van der Waals surface area contributed by atoms with E-state index < -0.39 is 36.3 Å². The summed E-state index contributed by atoms with van der Waals surface area (Å²) in [6, 6.07) is 7.46. The van der Waals surface area contributed by atoms with Gasteiger partial charge in [0.15, 0.2) is 0 Å². The first-order valence-corrected chi connectivity index (χ1v) is 16.2. The van der Waals surface area contributed by atoms with Crippen molar-refractivity contribution in [2.75, 3.05) is 27.8 Å². The van der Waals surface area contributed by atoms with Gasteiger partial charge in [-0.05, 0) is 43.6 Å². The highest BCUT2D eigenvalue weighted by atomic mass is 16.5. The number of nitrogens with two attached hydrogens (primary N) is 1. The van der Waals surface area contributed by atoms with Crippen LogP contribution in [0, 0.1) is 17.8 Å². The van der Waals surface area contributed by atoms with Gasteiger partial charge in [0, 0.05) is 27.8 Å². The highest BCUT2D eigenvalue weighted by Crippen LogP contribution is 2.30. The molecule has 250 valence electrons.